The maximum Gasteiger partial charge on any atom is 0.349 e. The predicted octanol–water partition coefficient (Wildman–Crippen LogP) is 4.20. The van der Waals surface area contributed by atoms with Crippen LogP contribution >= 0.6 is 0 Å². The van der Waals surface area contributed by atoms with Crippen LogP contribution in [0, 0.1) is 36.8 Å². The number of amides is 1. The summed E-state index contributed by atoms with van der Waals surface area (Å²) in [6.07, 6.45) is 2.35. The number of carbonyl (C=O) groups is 2. The van der Waals surface area contributed by atoms with Gasteiger partial charge in [-0.25, -0.2) is 13.6 Å². The van der Waals surface area contributed by atoms with Crippen LogP contribution in [0.2, 0.25) is 0 Å². The van der Waals surface area contributed by atoms with E-state index in [0.29, 0.717) is 12.1 Å². The van der Waals surface area contributed by atoms with Crippen LogP contribution < -0.4 is 5.32 Å². The molecule has 1 aliphatic rings. The molecule has 0 bridgehead atoms. The van der Waals surface area contributed by atoms with Gasteiger partial charge in [-0.05, 0) is 63.5 Å². The van der Waals surface area contributed by atoms with Crippen molar-refractivity contribution in [2.75, 3.05) is 5.32 Å². The lowest BCUT2D eigenvalue weighted by Crippen LogP contribution is -2.30. The molecule has 1 aliphatic carbocycles. The van der Waals surface area contributed by atoms with Crippen molar-refractivity contribution < 1.29 is 23.1 Å². The van der Waals surface area contributed by atoms with Crippen LogP contribution in [0.5, 0.6) is 0 Å². The fraction of sp³-hybridized carbons (Fsp3) is 0.318. The van der Waals surface area contributed by atoms with Crippen LogP contribution in [0.15, 0.2) is 29.8 Å². The summed E-state index contributed by atoms with van der Waals surface area (Å²) in [7, 11) is 0. The third-order valence-electron chi connectivity index (χ3n) is 4.92. The van der Waals surface area contributed by atoms with E-state index in [4.69, 9.17) is 4.74 Å². The standard InChI is InChI=1S/C22H21F2N3O3/c1-12-8-15(13(2)27(12)18-5-6-18)9-16(11-25)22(29)30-14(3)21(28)26-20-7-4-17(23)10-19(20)24/h4,7-10,14,18H,5-6H2,1-3H3,(H,26,28)/b16-9+/t14-/m1/s1. The van der Waals surface area contributed by atoms with Gasteiger partial charge in [0.2, 0.25) is 0 Å². The molecule has 1 saturated carbocycles. The highest BCUT2D eigenvalue weighted by Crippen LogP contribution is 2.38. The Bertz CT molecular complexity index is 1080. The van der Waals surface area contributed by atoms with Crippen molar-refractivity contribution in [3.63, 3.8) is 0 Å². The predicted molar refractivity (Wildman–Crippen MR) is 106 cm³/mol. The molecule has 0 unspecified atom stereocenters. The van der Waals surface area contributed by atoms with Gasteiger partial charge in [0.15, 0.2) is 6.10 Å². The van der Waals surface area contributed by atoms with E-state index in [0.717, 1.165) is 41.9 Å². The maximum absolute atomic E-state index is 13.7. The minimum absolute atomic E-state index is 0.243. The number of rotatable bonds is 6. The summed E-state index contributed by atoms with van der Waals surface area (Å²) in [5.74, 6) is -3.51. The maximum atomic E-state index is 13.7. The van der Waals surface area contributed by atoms with Crippen molar-refractivity contribution in [1.29, 1.82) is 5.26 Å². The van der Waals surface area contributed by atoms with Crippen LogP contribution in [0.25, 0.3) is 6.08 Å². The van der Waals surface area contributed by atoms with E-state index >= 15 is 0 Å². The largest absolute Gasteiger partial charge is 0.448 e. The van der Waals surface area contributed by atoms with Gasteiger partial charge in [0.1, 0.15) is 23.3 Å². The number of benzene rings is 1. The summed E-state index contributed by atoms with van der Waals surface area (Å²) in [5, 5.41) is 11.6. The second-order valence-corrected chi connectivity index (χ2v) is 7.26. The van der Waals surface area contributed by atoms with E-state index in [1.165, 1.54) is 13.0 Å². The second kappa shape index (κ2) is 8.49. The van der Waals surface area contributed by atoms with Gasteiger partial charge in [0.05, 0.1) is 5.69 Å². The first-order valence-electron chi connectivity index (χ1n) is 9.48. The topological polar surface area (TPSA) is 84.1 Å². The number of nitrogens with zero attached hydrogens (tertiary/aromatic N) is 2. The van der Waals surface area contributed by atoms with Gasteiger partial charge in [-0.3, -0.25) is 4.79 Å². The van der Waals surface area contributed by atoms with Crippen molar-refractivity contribution in [2.45, 2.75) is 45.8 Å². The molecule has 1 aromatic heterocycles. The summed E-state index contributed by atoms with van der Waals surface area (Å²) in [6.45, 7) is 5.18. The van der Waals surface area contributed by atoms with E-state index < -0.39 is 29.6 Å². The molecule has 3 rings (SSSR count). The molecule has 6 nitrogen and oxygen atoms in total. The second-order valence-electron chi connectivity index (χ2n) is 7.26. The van der Waals surface area contributed by atoms with Crippen molar-refractivity contribution in [1.82, 2.24) is 4.57 Å². The van der Waals surface area contributed by atoms with Gasteiger partial charge in [-0.1, -0.05) is 0 Å². The molecule has 0 spiro atoms. The third-order valence-corrected chi connectivity index (χ3v) is 4.92. The number of aromatic nitrogens is 1. The number of anilines is 1. The number of nitrogens with one attached hydrogen (secondary N) is 1. The molecule has 1 amide bonds. The quantitative estimate of drug-likeness (QED) is 0.437. The van der Waals surface area contributed by atoms with Gasteiger partial charge in [0.25, 0.3) is 5.91 Å². The minimum Gasteiger partial charge on any atom is -0.448 e. The van der Waals surface area contributed by atoms with Crippen molar-refractivity contribution in [2.24, 2.45) is 0 Å². The van der Waals surface area contributed by atoms with Crippen molar-refractivity contribution in [3.8, 4) is 6.07 Å². The number of carbonyl (C=O) groups excluding carboxylic acids is 2. The number of hydrogen-bond donors (Lipinski definition) is 1. The monoisotopic (exact) mass is 413 g/mol. The lowest BCUT2D eigenvalue weighted by Gasteiger charge is -2.13. The fourth-order valence-corrected chi connectivity index (χ4v) is 3.24. The van der Waals surface area contributed by atoms with Gasteiger partial charge in [-0.15, -0.1) is 0 Å². The number of ether oxygens (including phenoxy) is 1. The average molecular weight is 413 g/mol. The van der Waals surface area contributed by atoms with Crippen LogP contribution in [0.1, 0.15) is 42.8 Å². The molecule has 8 heteroatoms. The van der Waals surface area contributed by atoms with Gasteiger partial charge >= 0.3 is 5.97 Å². The lowest BCUT2D eigenvalue weighted by atomic mass is 10.1. The number of nitriles is 1. The Morgan fingerprint density at radius 1 is 1.30 bits per heavy atom. The van der Waals surface area contributed by atoms with Crippen molar-refractivity contribution >= 4 is 23.6 Å². The summed E-state index contributed by atoms with van der Waals surface area (Å²) in [4.78, 5) is 24.6. The number of aryl methyl sites for hydroxylation is 1. The van der Waals surface area contributed by atoms with Crippen LogP contribution in [0.4, 0.5) is 14.5 Å². The summed E-state index contributed by atoms with van der Waals surface area (Å²) in [5.41, 5.74) is 2.24. The molecule has 1 fully saturated rings. The molecular weight excluding hydrogens is 392 g/mol. The van der Waals surface area contributed by atoms with E-state index in [2.05, 4.69) is 9.88 Å². The fourth-order valence-electron chi connectivity index (χ4n) is 3.24. The van der Waals surface area contributed by atoms with Crippen LogP contribution in [0.3, 0.4) is 0 Å². The van der Waals surface area contributed by atoms with E-state index in [-0.39, 0.29) is 11.3 Å². The molecule has 1 atom stereocenters. The average Bonchev–Trinajstić information content (AvgIpc) is 3.47. The molecule has 0 aliphatic heterocycles. The highest BCUT2D eigenvalue weighted by Gasteiger charge is 2.27. The Morgan fingerprint density at radius 2 is 2.00 bits per heavy atom. The Labute approximate surface area is 172 Å². The van der Waals surface area contributed by atoms with Crippen molar-refractivity contribution in [3.05, 3.63) is 58.4 Å². The zero-order chi connectivity index (χ0) is 22.0. The highest BCUT2D eigenvalue weighted by molar-refractivity contribution is 6.01. The first-order valence-corrected chi connectivity index (χ1v) is 9.48. The lowest BCUT2D eigenvalue weighted by molar-refractivity contribution is -0.148. The number of esters is 1. The Balaban J connectivity index is 1.70. The van der Waals surface area contributed by atoms with E-state index in [9.17, 15) is 23.6 Å². The normalized spacial score (nSPS) is 14.7. The molecule has 1 aromatic carbocycles. The Morgan fingerprint density at radius 3 is 2.60 bits per heavy atom. The van der Waals surface area contributed by atoms with E-state index in [1.807, 2.05) is 19.9 Å². The Hall–Kier alpha value is -3.47. The van der Waals surface area contributed by atoms with Gasteiger partial charge in [0, 0.05) is 23.5 Å². The molecule has 1 N–H and O–H groups in total. The molecule has 1 heterocycles. The molecular formula is C22H21F2N3O3. The molecule has 156 valence electrons. The zero-order valence-corrected chi connectivity index (χ0v) is 16.8. The van der Waals surface area contributed by atoms with Crippen LogP contribution in [-0.4, -0.2) is 22.5 Å². The molecule has 0 saturated heterocycles. The zero-order valence-electron chi connectivity index (χ0n) is 16.8. The molecule has 0 radical (unpaired) electrons. The summed E-state index contributed by atoms with van der Waals surface area (Å²) in [6, 6.07) is 6.84. The smallest absolute Gasteiger partial charge is 0.349 e. The first-order chi connectivity index (χ1) is 14.2. The van der Waals surface area contributed by atoms with Crippen LogP contribution in [-0.2, 0) is 14.3 Å². The SMILES string of the molecule is Cc1cc(/C=C(\C#N)C(=O)O[C@H](C)C(=O)Nc2ccc(F)cc2F)c(C)n1C1CC1. The highest BCUT2D eigenvalue weighted by atomic mass is 19.1. The van der Waals surface area contributed by atoms with E-state index in [1.54, 1.807) is 6.07 Å². The molecule has 30 heavy (non-hydrogen) atoms. The van der Waals surface area contributed by atoms with Gasteiger partial charge in [-0.2, -0.15) is 5.26 Å². The van der Waals surface area contributed by atoms with Gasteiger partial charge < -0.3 is 14.6 Å². The molecule has 2 aromatic rings. The first kappa shape index (κ1) is 21.2. The summed E-state index contributed by atoms with van der Waals surface area (Å²) < 4.78 is 33.9. The summed E-state index contributed by atoms with van der Waals surface area (Å²) >= 11 is 0. The number of hydrogen-bond acceptors (Lipinski definition) is 4. The third kappa shape index (κ3) is 4.57. The number of halogens is 2. The minimum atomic E-state index is -1.29. The Kier molecular flexibility index (Phi) is 6.01.